The molecule has 36 heavy (non-hydrogen) atoms. The summed E-state index contributed by atoms with van der Waals surface area (Å²) in [5.74, 6) is -4.51. The molecule has 4 unspecified atom stereocenters. The first kappa shape index (κ1) is 25.6. The van der Waals surface area contributed by atoms with Crippen molar-refractivity contribution in [1.29, 1.82) is 0 Å². The van der Waals surface area contributed by atoms with Crippen molar-refractivity contribution in [3.05, 3.63) is 47.5 Å². The van der Waals surface area contributed by atoms with E-state index in [9.17, 15) is 37.8 Å². The normalized spacial score (nSPS) is 23.7. The molecule has 2 aliphatic carbocycles. The minimum atomic E-state index is -4.58. The molecule has 0 amide bonds. The Balaban J connectivity index is 1.66. The fraction of sp³-hybridized carbons (Fsp3) is 0.304. The Morgan fingerprint density at radius 2 is 1.61 bits per heavy atom. The number of carboxylic acid groups (broad SMARTS) is 2. The average Bonchev–Trinajstić information content (AvgIpc) is 2.81. The maximum atomic E-state index is 13.1. The zero-order valence-electron chi connectivity index (χ0n) is 18.5. The molecule has 2 aliphatic rings. The number of hydrogen-bond donors (Lipinski definition) is 5. The van der Waals surface area contributed by atoms with E-state index in [1.54, 1.807) is 0 Å². The van der Waals surface area contributed by atoms with E-state index in [0.717, 1.165) is 24.3 Å². The maximum absolute atomic E-state index is 13.1. The molecule has 0 aromatic heterocycles. The molecule has 0 heterocycles. The van der Waals surface area contributed by atoms with E-state index in [0.29, 0.717) is 12.8 Å². The highest BCUT2D eigenvalue weighted by atomic mass is 79.9. The number of sulfonamides is 1. The second kappa shape index (κ2) is 9.54. The summed E-state index contributed by atoms with van der Waals surface area (Å²) >= 11 is 3.31. The highest BCUT2D eigenvalue weighted by Crippen LogP contribution is 2.40. The number of aromatic carboxylic acids is 2. The highest BCUT2D eigenvalue weighted by molar-refractivity contribution is 9.10. The van der Waals surface area contributed by atoms with Gasteiger partial charge in [0.2, 0.25) is 0 Å². The monoisotopic (exact) mass is 580 g/mol. The number of carboxylic acids is 2. The summed E-state index contributed by atoms with van der Waals surface area (Å²) < 4.78 is 28.3. The van der Waals surface area contributed by atoms with Crippen molar-refractivity contribution in [2.24, 2.45) is 11.8 Å². The Hall–Kier alpha value is -3.45. The van der Waals surface area contributed by atoms with E-state index in [4.69, 9.17) is 5.11 Å². The molecule has 11 nitrogen and oxygen atoms in total. The van der Waals surface area contributed by atoms with Crippen molar-refractivity contribution >= 4 is 60.8 Å². The summed E-state index contributed by atoms with van der Waals surface area (Å²) in [4.78, 5) is 47.6. The third kappa shape index (κ3) is 4.80. The van der Waals surface area contributed by atoms with Crippen LogP contribution in [0.5, 0.6) is 5.75 Å². The number of rotatable bonds is 7. The summed E-state index contributed by atoms with van der Waals surface area (Å²) in [6, 6.07) is 5.76. The summed E-state index contributed by atoms with van der Waals surface area (Å²) in [6.07, 6.45) is 0.946. The molecular formula is C23H21BrN2O9S. The van der Waals surface area contributed by atoms with Gasteiger partial charge >= 0.3 is 11.9 Å². The Kier molecular flexibility index (Phi) is 6.80. The molecule has 4 rings (SSSR count). The van der Waals surface area contributed by atoms with Crippen LogP contribution in [0.4, 0.5) is 11.4 Å². The first-order valence-electron chi connectivity index (χ1n) is 10.8. The second-order valence-electron chi connectivity index (χ2n) is 8.70. The standard InChI is InChI=1S/C23H21BrN2O9S/c24-13-7-11-6-12(20(13)28)8-16(21(11)29)25-15-2-1-3-18(19(15)23(32)33)36(34,35)26-14-5-4-10(22(30)31)9-17(14)27/h1-5,9,11-13,16,25-27H,6-8H2,(H,30,31)(H,32,33). The zero-order valence-corrected chi connectivity index (χ0v) is 20.9. The lowest BCUT2D eigenvalue weighted by Gasteiger charge is -2.39. The third-order valence-electron chi connectivity index (χ3n) is 6.39. The summed E-state index contributed by atoms with van der Waals surface area (Å²) in [5.41, 5.74) is -1.37. The fourth-order valence-electron chi connectivity index (χ4n) is 4.67. The van der Waals surface area contributed by atoms with Gasteiger partial charge in [-0.25, -0.2) is 18.0 Å². The first-order valence-corrected chi connectivity index (χ1v) is 13.2. The molecule has 13 heteroatoms. The van der Waals surface area contributed by atoms with Crippen LogP contribution in [0.25, 0.3) is 0 Å². The van der Waals surface area contributed by atoms with Gasteiger partial charge in [-0.1, -0.05) is 22.0 Å². The molecule has 2 fully saturated rings. The van der Waals surface area contributed by atoms with Crippen LogP contribution in [0.3, 0.4) is 0 Å². The van der Waals surface area contributed by atoms with Crippen LogP contribution in [0.15, 0.2) is 41.3 Å². The smallest absolute Gasteiger partial charge is 0.339 e. The van der Waals surface area contributed by atoms with Crippen molar-refractivity contribution in [2.45, 2.75) is 35.0 Å². The van der Waals surface area contributed by atoms with Crippen molar-refractivity contribution < 1.29 is 42.9 Å². The van der Waals surface area contributed by atoms with E-state index >= 15 is 0 Å². The van der Waals surface area contributed by atoms with Crippen molar-refractivity contribution in [3.63, 3.8) is 0 Å². The van der Waals surface area contributed by atoms with Crippen LogP contribution >= 0.6 is 15.9 Å². The van der Waals surface area contributed by atoms with Gasteiger partial charge in [0.1, 0.15) is 22.0 Å². The number of hydrogen-bond acceptors (Lipinski definition) is 8. The van der Waals surface area contributed by atoms with Gasteiger partial charge < -0.3 is 20.6 Å². The van der Waals surface area contributed by atoms with E-state index in [2.05, 4.69) is 26.0 Å². The second-order valence-corrected chi connectivity index (χ2v) is 11.5. The SMILES string of the molecule is O=C(O)c1ccc(NS(=O)(=O)c2cccc(NC3CC4CC(CC(Br)C4=O)C3=O)c2C(=O)O)c(O)c1. The Morgan fingerprint density at radius 3 is 2.25 bits per heavy atom. The van der Waals surface area contributed by atoms with Crippen LogP contribution in [-0.2, 0) is 19.6 Å². The van der Waals surface area contributed by atoms with Crippen LogP contribution in [0.1, 0.15) is 40.0 Å². The molecular weight excluding hydrogens is 560 g/mol. The number of alkyl halides is 1. The highest BCUT2D eigenvalue weighted by Gasteiger charge is 2.46. The van der Waals surface area contributed by atoms with Gasteiger partial charge in [-0.15, -0.1) is 0 Å². The minimum absolute atomic E-state index is 0.0155. The van der Waals surface area contributed by atoms with Crippen LogP contribution in [0, 0.1) is 11.8 Å². The molecule has 5 N–H and O–H groups in total. The van der Waals surface area contributed by atoms with Crippen molar-refractivity contribution in [2.75, 3.05) is 10.0 Å². The van der Waals surface area contributed by atoms with E-state index in [1.807, 2.05) is 0 Å². The minimum Gasteiger partial charge on any atom is -0.506 e. The zero-order chi connectivity index (χ0) is 26.4. The summed E-state index contributed by atoms with van der Waals surface area (Å²) in [6.45, 7) is 0. The van der Waals surface area contributed by atoms with Crippen LogP contribution < -0.4 is 10.0 Å². The van der Waals surface area contributed by atoms with Gasteiger partial charge in [0.05, 0.1) is 27.8 Å². The lowest BCUT2D eigenvalue weighted by atomic mass is 9.69. The molecule has 2 bridgehead atoms. The molecule has 0 spiro atoms. The molecule has 4 atom stereocenters. The van der Waals surface area contributed by atoms with Gasteiger partial charge in [-0.3, -0.25) is 14.3 Å². The Labute approximate surface area is 213 Å². The number of anilines is 2. The predicted octanol–water partition coefficient (Wildman–Crippen LogP) is 2.70. The molecule has 0 radical (unpaired) electrons. The quantitative estimate of drug-likeness (QED) is 0.240. The molecule has 0 saturated heterocycles. The van der Waals surface area contributed by atoms with Gasteiger partial charge in [0, 0.05) is 11.8 Å². The maximum Gasteiger partial charge on any atom is 0.339 e. The van der Waals surface area contributed by atoms with E-state index < -0.39 is 49.0 Å². The number of phenolic OH excluding ortho intramolecular Hbond substituents is 1. The number of ketones is 2. The lowest BCUT2D eigenvalue weighted by Crippen LogP contribution is -2.49. The number of fused-ring (bicyclic) bond motifs is 2. The van der Waals surface area contributed by atoms with E-state index in [-0.39, 0.29) is 46.8 Å². The largest absolute Gasteiger partial charge is 0.506 e. The number of benzene rings is 2. The summed E-state index contributed by atoms with van der Waals surface area (Å²) in [5, 5.41) is 31.8. The molecule has 190 valence electrons. The number of Topliss-reactive ketones (excluding diaryl/α,β-unsaturated/α-hetero) is 2. The molecule has 0 aliphatic heterocycles. The number of carbonyl (C=O) groups excluding carboxylic acids is 2. The van der Waals surface area contributed by atoms with Gasteiger partial charge in [-0.2, -0.15) is 0 Å². The number of halogens is 1. The number of nitrogens with one attached hydrogen (secondary N) is 2. The molecule has 2 aromatic carbocycles. The average molecular weight is 581 g/mol. The van der Waals surface area contributed by atoms with Crippen molar-refractivity contribution in [1.82, 2.24) is 0 Å². The third-order valence-corrected chi connectivity index (χ3v) is 8.62. The van der Waals surface area contributed by atoms with Crippen LogP contribution in [-0.4, -0.2) is 58.1 Å². The number of aromatic hydroxyl groups is 1. The molecule has 2 saturated carbocycles. The first-order chi connectivity index (χ1) is 16.9. The van der Waals surface area contributed by atoms with Gasteiger partial charge in [-0.05, 0) is 49.6 Å². The van der Waals surface area contributed by atoms with Crippen molar-refractivity contribution in [3.8, 4) is 5.75 Å². The Bertz CT molecular complexity index is 1390. The fourth-order valence-corrected chi connectivity index (χ4v) is 6.79. The Morgan fingerprint density at radius 1 is 0.917 bits per heavy atom. The number of carbonyl (C=O) groups is 4. The van der Waals surface area contributed by atoms with Gasteiger partial charge in [0.15, 0.2) is 5.78 Å². The topological polar surface area (TPSA) is 187 Å². The summed E-state index contributed by atoms with van der Waals surface area (Å²) in [7, 11) is -4.58. The lowest BCUT2D eigenvalue weighted by molar-refractivity contribution is -0.134. The van der Waals surface area contributed by atoms with Gasteiger partial charge in [0.25, 0.3) is 10.0 Å². The van der Waals surface area contributed by atoms with Crippen LogP contribution in [0.2, 0.25) is 0 Å². The predicted molar refractivity (Wildman–Crippen MR) is 130 cm³/mol. The van der Waals surface area contributed by atoms with E-state index in [1.165, 1.54) is 12.1 Å². The number of phenols is 1. The molecule has 2 aromatic rings.